The number of hydrogen-bond acceptors (Lipinski definition) is 3. The molecular formula is C31H43F3O3. The van der Waals surface area contributed by atoms with Crippen LogP contribution in [-0.4, -0.2) is 28.0 Å². The van der Waals surface area contributed by atoms with Gasteiger partial charge in [0.05, 0.1) is 6.10 Å². The minimum absolute atomic E-state index is 0.0579. The highest BCUT2D eigenvalue weighted by Gasteiger charge is 2.69. The van der Waals surface area contributed by atoms with Crippen LogP contribution >= 0.6 is 0 Å². The van der Waals surface area contributed by atoms with Crippen molar-refractivity contribution in [2.45, 2.75) is 103 Å². The highest BCUT2D eigenvalue weighted by Crippen LogP contribution is 2.70. The van der Waals surface area contributed by atoms with Gasteiger partial charge in [-0.15, -0.1) is 0 Å². The third-order valence-corrected chi connectivity index (χ3v) is 11.7. The first-order valence-electron chi connectivity index (χ1n) is 14.4. The van der Waals surface area contributed by atoms with E-state index in [4.69, 9.17) is 0 Å². The Kier molecular flexibility index (Phi) is 7.09. The number of carbonyl (C=O) groups is 1. The molecule has 0 radical (unpaired) electrons. The lowest BCUT2D eigenvalue weighted by Gasteiger charge is -2.62. The van der Waals surface area contributed by atoms with Gasteiger partial charge in [-0.05, 0) is 85.5 Å². The molecule has 0 aliphatic heterocycles. The maximum Gasteiger partial charge on any atom is 0.252 e. The van der Waals surface area contributed by atoms with Crippen LogP contribution in [0.15, 0.2) is 24.3 Å². The zero-order valence-electron chi connectivity index (χ0n) is 22.4. The van der Waals surface area contributed by atoms with Crippen molar-refractivity contribution in [3.8, 4) is 0 Å². The maximum atomic E-state index is 15.9. The number of fused-ring (bicyclic) bond motifs is 5. The largest absolute Gasteiger partial charge is 0.388 e. The lowest BCUT2D eigenvalue weighted by atomic mass is 9.43. The molecule has 10 atom stereocenters. The van der Waals surface area contributed by atoms with Gasteiger partial charge >= 0.3 is 0 Å². The van der Waals surface area contributed by atoms with E-state index in [0.717, 1.165) is 38.5 Å². The monoisotopic (exact) mass is 520 g/mol. The fraction of sp³-hybridized carbons (Fsp3) is 0.774. The molecule has 1 unspecified atom stereocenters. The molecule has 0 aromatic heterocycles. The van der Waals surface area contributed by atoms with Gasteiger partial charge in [-0.2, -0.15) is 0 Å². The summed E-state index contributed by atoms with van der Waals surface area (Å²) in [6.07, 6.45) is 4.20. The summed E-state index contributed by atoms with van der Waals surface area (Å²) >= 11 is 0. The summed E-state index contributed by atoms with van der Waals surface area (Å²) in [5.41, 5.74) is -0.270. The van der Waals surface area contributed by atoms with E-state index in [9.17, 15) is 19.4 Å². The van der Waals surface area contributed by atoms with E-state index in [1.807, 2.05) is 6.92 Å². The zero-order chi connectivity index (χ0) is 26.8. The molecule has 0 bridgehead atoms. The number of aliphatic hydroxyl groups excluding tert-OH is 2. The number of alkyl halides is 2. The predicted octanol–water partition coefficient (Wildman–Crippen LogP) is 7.11. The highest BCUT2D eigenvalue weighted by molar-refractivity contribution is 5.87. The topological polar surface area (TPSA) is 57.5 Å². The van der Waals surface area contributed by atoms with E-state index in [2.05, 4.69) is 13.8 Å². The van der Waals surface area contributed by atoms with Crippen LogP contribution in [0, 0.1) is 52.2 Å². The van der Waals surface area contributed by atoms with E-state index >= 15 is 8.78 Å². The van der Waals surface area contributed by atoms with Crippen LogP contribution in [0.4, 0.5) is 13.2 Å². The first-order chi connectivity index (χ1) is 17.4. The van der Waals surface area contributed by atoms with Crippen molar-refractivity contribution in [2.24, 2.45) is 46.3 Å². The summed E-state index contributed by atoms with van der Waals surface area (Å²) in [5.74, 6) is -4.63. The van der Waals surface area contributed by atoms with E-state index in [-0.39, 0.29) is 28.9 Å². The SMILES string of the molecule is C[C@H](CCCC(O)c1ccccc1F)[C@H]1CC[C@H]2[C@H]3[C@H](CC[C@]12C)[C@@]1(C)CC[C@H](O)C(=O)[C@@H]1CC3(F)F. The Morgan fingerprint density at radius 3 is 2.41 bits per heavy atom. The van der Waals surface area contributed by atoms with E-state index in [1.54, 1.807) is 18.2 Å². The molecule has 4 aliphatic carbocycles. The summed E-state index contributed by atoms with van der Waals surface area (Å²) in [5, 5.41) is 20.6. The van der Waals surface area contributed by atoms with E-state index in [1.165, 1.54) is 6.07 Å². The normalized spacial score (nSPS) is 42.4. The van der Waals surface area contributed by atoms with Gasteiger partial charge in [0.15, 0.2) is 5.78 Å². The maximum absolute atomic E-state index is 15.9. The Balaban J connectivity index is 1.28. The lowest BCUT2D eigenvalue weighted by Crippen LogP contribution is -2.63. The number of halogens is 3. The molecule has 37 heavy (non-hydrogen) atoms. The summed E-state index contributed by atoms with van der Waals surface area (Å²) in [4.78, 5) is 12.8. The summed E-state index contributed by atoms with van der Waals surface area (Å²) in [6, 6.07) is 6.34. The Morgan fingerprint density at radius 1 is 1.00 bits per heavy atom. The zero-order valence-corrected chi connectivity index (χ0v) is 22.4. The van der Waals surface area contributed by atoms with Crippen molar-refractivity contribution < 1.29 is 28.2 Å². The third kappa shape index (κ3) is 4.38. The number of aliphatic hydroxyl groups is 2. The van der Waals surface area contributed by atoms with Crippen molar-refractivity contribution in [1.29, 1.82) is 0 Å². The average molecular weight is 521 g/mol. The molecular weight excluding hydrogens is 477 g/mol. The molecule has 6 heteroatoms. The minimum Gasteiger partial charge on any atom is -0.388 e. The van der Waals surface area contributed by atoms with Crippen molar-refractivity contribution in [3.63, 3.8) is 0 Å². The molecule has 0 spiro atoms. The molecule has 0 amide bonds. The van der Waals surface area contributed by atoms with E-state index < -0.39 is 41.8 Å². The molecule has 0 saturated heterocycles. The molecule has 4 aliphatic rings. The first kappa shape index (κ1) is 27.2. The van der Waals surface area contributed by atoms with Crippen molar-refractivity contribution in [1.82, 2.24) is 0 Å². The van der Waals surface area contributed by atoms with Gasteiger partial charge in [-0.3, -0.25) is 4.79 Å². The first-order valence-corrected chi connectivity index (χ1v) is 14.4. The third-order valence-electron chi connectivity index (χ3n) is 11.7. The lowest BCUT2D eigenvalue weighted by molar-refractivity contribution is -0.233. The van der Waals surface area contributed by atoms with Gasteiger partial charge < -0.3 is 10.2 Å². The van der Waals surface area contributed by atoms with Gasteiger partial charge in [-0.1, -0.05) is 51.8 Å². The summed E-state index contributed by atoms with van der Waals surface area (Å²) < 4.78 is 45.8. The number of hydrogen-bond donors (Lipinski definition) is 2. The quantitative estimate of drug-likeness (QED) is 0.420. The molecule has 2 N–H and O–H groups in total. The van der Waals surface area contributed by atoms with Gasteiger partial charge in [0.1, 0.15) is 11.9 Å². The van der Waals surface area contributed by atoms with Crippen LogP contribution in [0.25, 0.3) is 0 Å². The second kappa shape index (κ2) is 9.66. The Morgan fingerprint density at radius 2 is 1.68 bits per heavy atom. The van der Waals surface area contributed by atoms with Crippen LogP contribution in [0.5, 0.6) is 0 Å². The molecule has 1 aromatic carbocycles. The highest BCUT2D eigenvalue weighted by atomic mass is 19.3. The van der Waals surface area contributed by atoms with E-state index in [0.29, 0.717) is 36.7 Å². The Bertz CT molecular complexity index is 1010. The average Bonchev–Trinajstić information content (AvgIpc) is 3.20. The molecule has 3 nitrogen and oxygen atoms in total. The van der Waals surface area contributed by atoms with Gasteiger partial charge in [-0.25, -0.2) is 13.2 Å². The fourth-order valence-corrected chi connectivity index (χ4v) is 9.69. The van der Waals surface area contributed by atoms with Crippen molar-refractivity contribution >= 4 is 5.78 Å². The standard InChI is InChI=1S/C31H43F3O3/c1-18(7-6-10-25(35)19-8-4-5-9-24(19)32)20-11-12-21-27-22(13-15-29(20,21)2)30(3)16-14-26(36)28(37)23(30)17-31(27,33)34/h4-5,8-9,18,20-23,25-27,35-36H,6-7,10-17H2,1-3H3/t18-,20-,21+,22+,23+,25?,26+,27+,29-,30-/m1/s1. The van der Waals surface area contributed by atoms with Crippen LogP contribution in [0.3, 0.4) is 0 Å². The second-order valence-electron chi connectivity index (χ2n) is 13.4. The Hall–Kier alpha value is -1.40. The molecule has 4 saturated carbocycles. The van der Waals surface area contributed by atoms with Crippen molar-refractivity contribution in [3.05, 3.63) is 35.6 Å². The number of carbonyl (C=O) groups excluding carboxylic acids is 1. The summed E-state index contributed by atoms with van der Waals surface area (Å²) in [6.45, 7) is 6.50. The fourth-order valence-electron chi connectivity index (χ4n) is 9.69. The predicted molar refractivity (Wildman–Crippen MR) is 136 cm³/mol. The smallest absolute Gasteiger partial charge is 0.252 e. The van der Waals surface area contributed by atoms with Crippen LogP contribution in [0.2, 0.25) is 0 Å². The molecule has 1 aromatic rings. The number of benzene rings is 1. The number of Topliss-reactive ketones (excluding diaryl/α,β-unsaturated/α-hetero) is 1. The summed E-state index contributed by atoms with van der Waals surface area (Å²) in [7, 11) is 0. The number of ketones is 1. The second-order valence-corrected chi connectivity index (χ2v) is 13.4. The van der Waals surface area contributed by atoms with Crippen LogP contribution < -0.4 is 0 Å². The van der Waals surface area contributed by atoms with Crippen LogP contribution in [-0.2, 0) is 4.79 Å². The van der Waals surface area contributed by atoms with Gasteiger partial charge in [0.2, 0.25) is 0 Å². The van der Waals surface area contributed by atoms with Gasteiger partial charge in [0, 0.05) is 23.8 Å². The Labute approximate surface area is 219 Å². The van der Waals surface area contributed by atoms with Gasteiger partial charge in [0.25, 0.3) is 5.92 Å². The molecule has 206 valence electrons. The van der Waals surface area contributed by atoms with Crippen molar-refractivity contribution in [2.75, 3.05) is 0 Å². The van der Waals surface area contributed by atoms with Crippen LogP contribution in [0.1, 0.15) is 96.6 Å². The number of rotatable bonds is 6. The molecule has 0 heterocycles. The molecule has 5 rings (SSSR count). The molecule has 4 fully saturated rings. The minimum atomic E-state index is -2.89.